The summed E-state index contributed by atoms with van der Waals surface area (Å²) in [6.07, 6.45) is 4.60. The Morgan fingerprint density at radius 2 is 2.13 bits per heavy atom. The number of nitrogens with two attached hydrogens (primary N) is 1. The molecule has 8 nitrogen and oxygen atoms in total. The molecule has 5 rings (SSSR count). The third kappa shape index (κ3) is 3.44. The van der Waals surface area contributed by atoms with E-state index in [0.29, 0.717) is 33.7 Å². The van der Waals surface area contributed by atoms with Gasteiger partial charge in [-0.05, 0) is 37.2 Å². The number of benzene rings is 1. The number of pyridine rings is 1. The molecule has 1 aromatic carbocycles. The van der Waals surface area contributed by atoms with Crippen LogP contribution in [0.15, 0.2) is 42.7 Å². The normalized spacial score (nSPS) is 16.3. The van der Waals surface area contributed by atoms with Crippen molar-refractivity contribution in [2.75, 3.05) is 24.1 Å². The number of hydrogen-bond donors (Lipinski definition) is 3. The molecular formula is C21H21ClN8. The number of nitrogens with one attached hydrogen (secondary N) is 2. The van der Waals surface area contributed by atoms with Gasteiger partial charge >= 0.3 is 0 Å². The summed E-state index contributed by atoms with van der Waals surface area (Å²) >= 11 is 6.54. The van der Waals surface area contributed by atoms with E-state index in [2.05, 4.69) is 25.7 Å². The van der Waals surface area contributed by atoms with Crippen molar-refractivity contribution in [3.05, 3.63) is 47.7 Å². The first-order valence-electron chi connectivity index (χ1n) is 9.78. The Morgan fingerprint density at radius 1 is 1.23 bits per heavy atom. The van der Waals surface area contributed by atoms with E-state index in [0.717, 1.165) is 36.0 Å². The van der Waals surface area contributed by atoms with Crippen LogP contribution in [0.4, 0.5) is 11.6 Å². The monoisotopic (exact) mass is 420 g/mol. The number of rotatable bonds is 4. The lowest BCUT2D eigenvalue weighted by molar-refractivity contribution is 0.769. The van der Waals surface area contributed by atoms with Crippen LogP contribution in [0.5, 0.6) is 0 Å². The summed E-state index contributed by atoms with van der Waals surface area (Å²) in [6, 6.07) is 9.90. The van der Waals surface area contributed by atoms with Crippen molar-refractivity contribution in [2.45, 2.75) is 12.5 Å². The molecule has 4 N–H and O–H groups in total. The predicted molar refractivity (Wildman–Crippen MR) is 119 cm³/mol. The van der Waals surface area contributed by atoms with Crippen molar-refractivity contribution in [1.82, 2.24) is 30.0 Å². The van der Waals surface area contributed by atoms with Gasteiger partial charge in [0.2, 0.25) is 0 Å². The van der Waals surface area contributed by atoms with Gasteiger partial charge in [-0.1, -0.05) is 17.7 Å². The van der Waals surface area contributed by atoms with Gasteiger partial charge < -0.3 is 16.4 Å². The van der Waals surface area contributed by atoms with Crippen molar-refractivity contribution in [3.63, 3.8) is 0 Å². The van der Waals surface area contributed by atoms with Crippen molar-refractivity contribution in [2.24, 2.45) is 7.05 Å². The van der Waals surface area contributed by atoms with E-state index in [9.17, 15) is 0 Å². The van der Waals surface area contributed by atoms with E-state index in [1.54, 1.807) is 10.9 Å². The zero-order valence-electron chi connectivity index (χ0n) is 16.4. The van der Waals surface area contributed by atoms with E-state index in [1.807, 2.05) is 43.6 Å². The van der Waals surface area contributed by atoms with Gasteiger partial charge in [0.05, 0.1) is 10.5 Å². The maximum atomic E-state index is 6.54. The lowest BCUT2D eigenvalue weighted by Crippen LogP contribution is -2.24. The molecule has 4 heterocycles. The number of halogens is 1. The Kier molecular flexibility index (Phi) is 4.72. The van der Waals surface area contributed by atoms with Crippen LogP contribution >= 0.6 is 11.6 Å². The summed E-state index contributed by atoms with van der Waals surface area (Å²) in [7, 11) is 1.86. The SMILES string of the molecule is Cn1ccc(-c2nc(N)c(NC3CCNC3)nc2-c2cc(Cl)c3ncccc3c2)n1. The fourth-order valence-corrected chi connectivity index (χ4v) is 4.01. The van der Waals surface area contributed by atoms with Crippen LogP contribution in [0.25, 0.3) is 33.5 Å². The molecule has 1 aliphatic rings. The van der Waals surface area contributed by atoms with Crippen LogP contribution in [-0.4, -0.2) is 43.9 Å². The van der Waals surface area contributed by atoms with Gasteiger partial charge in [0.25, 0.3) is 0 Å². The zero-order chi connectivity index (χ0) is 20.7. The topological polar surface area (TPSA) is 107 Å². The van der Waals surface area contributed by atoms with Gasteiger partial charge in [0.1, 0.15) is 17.1 Å². The summed E-state index contributed by atoms with van der Waals surface area (Å²) in [6.45, 7) is 1.84. The van der Waals surface area contributed by atoms with Gasteiger partial charge in [-0.15, -0.1) is 0 Å². The minimum absolute atomic E-state index is 0.263. The highest BCUT2D eigenvalue weighted by molar-refractivity contribution is 6.35. The maximum Gasteiger partial charge on any atom is 0.169 e. The van der Waals surface area contributed by atoms with Crippen LogP contribution in [0.1, 0.15) is 6.42 Å². The molecule has 0 amide bonds. The highest BCUT2D eigenvalue weighted by atomic mass is 35.5. The number of hydrogen-bond acceptors (Lipinski definition) is 7. The molecule has 0 saturated carbocycles. The smallest absolute Gasteiger partial charge is 0.169 e. The first-order valence-corrected chi connectivity index (χ1v) is 10.2. The van der Waals surface area contributed by atoms with E-state index in [1.165, 1.54) is 0 Å². The maximum absolute atomic E-state index is 6.54. The highest BCUT2D eigenvalue weighted by Crippen LogP contribution is 2.35. The number of fused-ring (bicyclic) bond motifs is 1. The minimum Gasteiger partial charge on any atom is -0.381 e. The Morgan fingerprint density at radius 3 is 2.90 bits per heavy atom. The van der Waals surface area contributed by atoms with E-state index in [-0.39, 0.29) is 6.04 Å². The largest absolute Gasteiger partial charge is 0.381 e. The summed E-state index contributed by atoms with van der Waals surface area (Å²) in [5.41, 5.74) is 9.85. The summed E-state index contributed by atoms with van der Waals surface area (Å²) in [5, 5.41) is 12.8. The Hall–Kier alpha value is -3.23. The molecule has 0 radical (unpaired) electrons. The fraction of sp³-hybridized carbons (Fsp3) is 0.238. The lowest BCUT2D eigenvalue weighted by atomic mass is 10.0. The number of aryl methyl sites for hydroxylation is 1. The van der Waals surface area contributed by atoms with Crippen LogP contribution in [0.3, 0.4) is 0 Å². The Balaban J connectivity index is 1.69. The highest BCUT2D eigenvalue weighted by Gasteiger charge is 2.21. The van der Waals surface area contributed by atoms with Crippen molar-refractivity contribution >= 4 is 34.1 Å². The Bertz CT molecular complexity index is 1230. The Labute approximate surface area is 178 Å². The average molecular weight is 421 g/mol. The van der Waals surface area contributed by atoms with Gasteiger partial charge in [-0.2, -0.15) is 5.10 Å². The average Bonchev–Trinajstić information content (AvgIpc) is 3.41. The van der Waals surface area contributed by atoms with Crippen molar-refractivity contribution < 1.29 is 0 Å². The molecule has 1 unspecified atom stereocenters. The molecule has 1 aliphatic heterocycles. The molecule has 152 valence electrons. The van der Waals surface area contributed by atoms with E-state index < -0.39 is 0 Å². The standard InChI is InChI=1S/C21H21ClN8/c1-30-8-5-16(29-30)19-18(13-9-12-3-2-6-25-17(12)15(22)10-13)28-21(20(23)27-19)26-14-4-7-24-11-14/h2-3,5-6,8-10,14,24H,4,7,11H2,1H3,(H2,23,27)(H,26,28). The number of anilines is 2. The molecule has 0 spiro atoms. The van der Waals surface area contributed by atoms with Crippen molar-refractivity contribution in [3.8, 4) is 22.6 Å². The van der Waals surface area contributed by atoms with Crippen molar-refractivity contribution in [1.29, 1.82) is 0 Å². The van der Waals surface area contributed by atoms with Gasteiger partial charge in [-0.25, -0.2) is 9.97 Å². The summed E-state index contributed by atoms with van der Waals surface area (Å²) < 4.78 is 1.73. The quantitative estimate of drug-likeness (QED) is 0.465. The van der Waals surface area contributed by atoms with Gasteiger partial charge in [0.15, 0.2) is 11.6 Å². The zero-order valence-corrected chi connectivity index (χ0v) is 17.2. The molecule has 0 bridgehead atoms. The number of aromatic nitrogens is 5. The molecule has 1 saturated heterocycles. The second kappa shape index (κ2) is 7.55. The fourth-order valence-electron chi connectivity index (χ4n) is 3.73. The second-order valence-corrected chi connectivity index (χ2v) is 7.80. The molecular weight excluding hydrogens is 400 g/mol. The first kappa shape index (κ1) is 18.8. The van der Waals surface area contributed by atoms with E-state index in [4.69, 9.17) is 22.3 Å². The molecule has 0 aliphatic carbocycles. The number of nitrogen functional groups attached to an aromatic ring is 1. The van der Waals surface area contributed by atoms with E-state index >= 15 is 0 Å². The number of nitrogens with zero attached hydrogens (tertiary/aromatic N) is 5. The summed E-state index contributed by atoms with van der Waals surface area (Å²) in [4.78, 5) is 13.9. The summed E-state index contributed by atoms with van der Waals surface area (Å²) in [5.74, 6) is 0.917. The molecule has 3 aromatic heterocycles. The van der Waals surface area contributed by atoms with Crippen LogP contribution in [0, 0.1) is 0 Å². The second-order valence-electron chi connectivity index (χ2n) is 7.40. The molecule has 4 aromatic rings. The third-order valence-corrected chi connectivity index (χ3v) is 5.50. The lowest BCUT2D eigenvalue weighted by Gasteiger charge is -2.17. The molecule has 9 heteroatoms. The van der Waals surface area contributed by atoms with Crippen LogP contribution in [0.2, 0.25) is 5.02 Å². The molecule has 1 atom stereocenters. The van der Waals surface area contributed by atoms with Gasteiger partial charge in [0, 0.05) is 43.0 Å². The minimum atomic E-state index is 0.263. The van der Waals surface area contributed by atoms with Crippen LogP contribution in [-0.2, 0) is 7.05 Å². The third-order valence-electron chi connectivity index (χ3n) is 5.21. The predicted octanol–water partition coefficient (Wildman–Crippen LogP) is 3.10. The molecule has 30 heavy (non-hydrogen) atoms. The van der Waals surface area contributed by atoms with Gasteiger partial charge in [-0.3, -0.25) is 9.67 Å². The first-order chi connectivity index (χ1) is 14.6. The van der Waals surface area contributed by atoms with Crippen LogP contribution < -0.4 is 16.4 Å². The molecule has 1 fully saturated rings.